The van der Waals surface area contributed by atoms with Gasteiger partial charge in [-0.1, -0.05) is 6.92 Å². The van der Waals surface area contributed by atoms with E-state index >= 15 is 0 Å². The Morgan fingerprint density at radius 3 is 2.31 bits per heavy atom. The van der Waals surface area contributed by atoms with Gasteiger partial charge in [0.05, 0.1) is 40.7 Å². The van der Waals surface area contributed by atoms with Crippen molar-refractivity contribution in [2.45, 2.75) is 18.8 Å². The summed E-state index contributed by atoms with van der Waals surface area (Å²) in [5.74, 6) is -4.11. The zero-order valence-electron chi connectivity index (χ0n) is 17.9. The molecule has 5 rings (SSSR count). The fraction of sp³-hybridized carbons (Fsp3) is 0.304. The van der Waals surface area contributed by atoms with Crippen LogP contribution < -0.4 is 9.47 Å². The van der Waals surface area contributed by atoms with E-state index in [1.165, 1.54) is 25.1 Å². The number of hydrogen-bond acceptors (Lipinski definition) is 10. The number of nitro groups is 1. The van der Waals surface area contributed by atoms with Crippen LogP contribution >= 0.6 is 0 Å². The Morgan fingerprint density at radius 2 is 1.74 bits per heavy atom. The maximum atomic E-state index is 13.7. The van der Waals surface area contributed by atoms with Gasteiger partial charge in [-0.3, -0.25) is 15.5 Å². The Morgan fingerprint density at radius 1 is 1.11 bits per heavy atom. The SMILES string of the molecule is CC1C2(c3ccc(F)cc3)OC(=N)C1(C#N)C(C#N)(C#N)C(c1cc3c(cc1[N+](=O)[O-])OCO3)O2. The van der Waals surface area contributed by atoms with Gasteiger partial charge < -0.3 is 18.9 Å². The van der Waals surface area contributed by atoms with Crippen molar-refractivity contribution in [1.29, 1.82) is 21.2 Å². The normalized spacial score (nSPS) is 29.4. The molecule has 4 unspecified atom stereocenters. The predicted molar refractivity (Wildman–Crippen MR) is 111 cm³/mol. The Bertz CT molecular complexity index is 1410. The zero-order valence-corrected chi connectivity index (χ0v) is 17.9. The number of nitro benzene ring substituents is 1. The first-order chi connectivity index (χ1) is 16.7. The fourth-order valence-corrected chi connectivity index (χ4v) is 5.14. The average molecular weight is 475 g/mol. The molecule has 3 aliphatic rings. The minimum atomic E-state index is -2.43. The van der Waals surface area contributed by atoms with E-state index in [-0.39, 0.29) is 29.4 Å². The van der Waals surface area contributed by atoms with Crippen molar-refractivity contribution in [1.82, 2.24) is 0 Å². The summed E-state index contributed by atoms with van der Waals surface area (Å²) >= 11 is 0. The molecular formula is C23H14FN5O6. The van der Waals surface area contributed by atoms with E-state index in [1.54, 1.807) is 0 Å². The van der Waals surface area contributed by atoms with Crippen LogP contribution in [0.1, 0.15) is 24.2 Å². The Kier molecular flexibility index (Phi) is 4.50. The first-order valence-corrected chi connectivity index (χ1v) is 10.2. The third-order valence-corrected chi connectivity index (χ3v) is 6.92. The highest BCUT2D eigenvalue weighted by Crippen LogP contribution is 2.69. The quantitative estimate of drug-likeness (QED) is 0.513. The summed E-state index contributed by atoms with van der Waals surface area (Å²) in [5.41, 5.74) is -5.20. The molecule has 4 atom stereocenters. The van der Waals surface area contributed by atoms with E-state index < -0.39 is 51.0 Å². The van der Waals surface area contributed by atoms with E-state index in [1.807, 2.05) is 18.2 Å². The van der Waals surface area contributed by atoms with Crippen molar-refractivity contribution in [3.05, 3.63) is 63.5 Å². The molecule has 2 aromatic carbocycles. The molecule has 0 saturated carbocycles. The third kappa shape index (κ3) is 2.50. The molecule has 3 aliphatic heterocycles. The molecule has 0 radical (unpaired) electrons. The van der Waals surface area contributed by atoms with Gasteiger partial charge in [0.1, 0.15) is 11.9 Å². The molecule has 0 aromatic heterocycles. The lowest BCUT2D eigenvalue weighted by molar-refractivity contribution is -0.387. The molecular weight excluding hydrogens is 461 g/mol. The van der Waals surface area contributed by atoms with Crippen LogP contribution in [0.4, 0.5) is 10.1 Å². The van der Waals surface area contributed by atoms with E-state index in [0.29, 0.717) is 0 Å². The molecule has 2 saturated heterocycles. The maximum absolute atomic E-state index is 13.7. The van der Waals surface area contributed by atoms with E-state index in [9.17, 15) is 30.3 Å². The first kappa shape index (κ1) is 22.1. The number of hydrogen-bond donors (Lipinski definition) is 1. The second kappa shape index (κ2) is 7.13. The molecule has 0 aliphatic carbocycles. The molecule has 12 heteroatoms. The van der Waals surface area contributed by atoms with Crippen LogP contribution in [0, 0.1) is 72.1 Å². The smallest absolute Gasteiger partial charge is 0.279 e. The molecule has 3 heterocycles. The second-order valence-corrected chi connectivity index (χ2v) is 8.30. The summed E-state index contributed by atoms with van der Waals surface area (Å²) in [7, 11) is 0. The average Bonchev–Trinajstić information content (AvgIpc) is 3.37. The summed E-state index contributed by atoms with van der Waals surface area (Å²) in [5, 5.41) is 51.5. The minimum absolute atomic E-state index is 0.0827. The highest BCUT2D eigenvalue weighted by molar-refractivity contribution is 5.89. The Hall–Kier alpha value is -4.73. The lowest BCUT2D eigenvalue weighted by Gasteiger charge is -2.48. The molecule has 35 heavy (non-hydrogen) atoms. The molecule has 0 amide bonds. The third-order valence-electron chi connectivity index (χ3n) is 6.92. The van der Waals surface area contributed by atoms with Crippen LogP contribution in [0.2, 0.25) is 0 Å². The van der Waals surface area contributed by atoms with Crippen LogP contribution in [-0.2, 0) is 15.3 Å². The van der Waals surface area contributed by atoms with Gasteiger partial charge in [0.15, 0.2) is 16.9 Å². The highest BCUT2D eigenvalue weighted by Gasteiger charge is 2.80. The molecule has 11 nitrogen and oxygen atoms in total. The number of benzene rings is 2. The van der Waals surface area contributed by atoms with Gasteiger partial charge >= 0.3 is 0 Å². The maximum Gasteiger partial charge on any atom is 0.279 e. The van der Waals surface area contributed by atoms with Gasteiger partial charge in [-0.2, -0.15) is 15.8 Å². The van der Waals surface area contributed by atoms with Crippen LogP contribution in [0.5, 0.6) is 11.5 Å². The number of rotatable bonds is 3. The van der Waals surface area contributed by atoms with Crippen LogP contribution in [0.15, 0.2) is 36.4 Å². The number of halogens is 1. The molecule has 0 spiro atoms. The van der Waals surface area contributed by atoms with Gasteiger partial charge in [0, 0.05) is 5.56 Å². The number of ether oxygens (including phenoxy) is 4. The van der Waals surface area contributed by atoms with Crippen molar-refractivity contribution in [2.75, 3.05) is 6.79 Å². The molecule has 174 valence electrons. The summed E-state index contributed by atoms with van der Waals surface area (Å²) < 4.78 is 36.3. The number of nitrogens with one attached hydrogen (secondary N) is 1. The Balaban J connectivity index is 1.84. The summed E-state index contributed by atoms with van der Waals surface area (Å²) in [6.45, 7) is 1.28. The fourth-order valence-electron chi connectivity index (χ4n) is 5.14. The van der Waals surface area contributed by atoms with Crippen LogP contribution in [-0.4, -0.2) is 17.6 Å². The van der Waals surface area contributed by atoms with E-state index in [0.717, 1.165) is 18.2 Å². The number of nitrogens with zero attached hydrogens (tertiary/aromatic N) is 4. The Labute approximate surface area is 197 Å². The molecule has 2 fully saturated rings. The lowest BCUT2D eigenvalue weighted by atomic mass is 9.53. The van der Waals surface area contributed by atoms with Crippen molar-refractivity contribution >= 4 is 11.6 Å². The van der Waals surface area contributed by atoms with Crippen molar-refractivity contribution in [3.8, 4) is 29.7 Å². The van der Waals surface area contributed by atoms with Crippen LogP contribution in [0.3, 0.4) is 0 Å². The topological polar surface area (TPSA) is 175 Å². The van der Waals surface area contributed by atoms with Gasteiger partial charge in [-0.05, 0) is 30.3 Å². The van der Waals surface area contributed by atoms with Gasteiger partial charge in [-0.25, -0.2) is 4.39 Å². The van der Waals surface area contributed by atoms with Gasteiger partial charge in [0.2, 0.25) is 23.9 Å². The number of fused-ring (bicyclic) bond motifs is 3. The van der Waals surface area contributed by atoms with Crippen molar-refractivity contribution in [3.63, 3.8) is 0 Å². The van der Waals surface area contributed by atoms with E-state index in [4.69, 9.17) is 24.4 Å². The first-order valence-electron chi connectivity index (χ1n) is 10.2. The zero-order chi connectivity index (χ0) is 25.2. The summed E-state index contributed by atoms with van der Waals surface area (Å²) in [4.78, 5) is 11.3. The van der Waals surface area contributed by atoms with Gasteiger partial charge in [-0.15, -0.1) is 0 Å². The molecule has 2 aromatic rings. The number of nitriles is 3. The molecule has 1 N–H and O–H groups in total. The standard InChI is InChI=1S/C23H14FN5O6/c1-12-22(10-27)20(28)35-23(12,13-2-4-14(24)5-3-13)34-19(21(22,8-25)9-26)15-6-17-18(33-11-32-17)7-16(15)29(30)31/h2-7,12,19,28H,11H2,1H3. The van der Waals surface area contributed by atoms with Crippen LogP contribution in [0.25, 0.3) is 0 Å². The van der Waals surface area contributed by atoms with E-state index in [2.05, 4.69) is 0 Å². The lowest BCUT2D eigenvalue weighted by Crippen LogP contribution is -2.57. The van der Waals surface area contributed by atoms with Crippen molar-refractivity contribution in [2.24, 2.45) is 16.7 Å². The van der Waals surface area contributed by atoms with Crippen molar-refractivity contribution < 1.29 is 28.3 Å². The van der Waals surface area contributed by atoms with Gasteiger partial charge in [0.25, 0.3) is 5.69 Å². The minimum Gasteiger partial charge on any atom is -0.454 e. The summed E-state index contributed by atoms with van der Waals surface area (Å²) in [6.07, 6.45) is -1.74. The largest absolute Gasteiger partial charge is 0.454 e. The molecule has 2 bridgehead atoms. The predicted octanol–water partition coefficient (Wildman–Crippen LogP) is 3.57. The summed E-state index contributed by atoms with van der Waals surface area (Å²) in [6, 6.07) is 12.8. The highest BCUT2D eigenvalue weighted by atomic mass is 19.1. The second-order valence-electron chi connectivity index (χ2n) is 8.30. The monoisotopic (exact) mass is 475 g/mol.